The second-order valence-electron chi connectivity index (χ2n) is 10.9. The third-order valence-corrected chi connectivity index (χ3v) is 7.94. The Kier molecular flexibility index (Phi) is 9.53. The van der Waals surface area contributed by atoms with E-state index in [1.54, 1.807) is 0 Å². The van der Waals surface area contributed by atoms with E-state index in [4.69, 9.17) is 23.7 Å². The van der Waals surface area contributed by atoms with Crippen LogP contribution in [0.15, 0.2) is 121 Å². The number of benzene rings is 4. The zero-order chi connectivity index (χ0) is 27.7. The number of fused-ring (bicyclic) bond motifs is 1. The molecule has 0 spiro atoms. The molecule has 41 heavy (non-hydrogen) atoms. The van der Waals surface area contributed by atoms with Gasteiger partial charge in [-0.2, -0.15) is 0 Å². The van der Waals surface area contributed by atoms with Gasteiger partial charge in [0.2, 0.25) is 0 Å². The molecule has 2 heterocycles. The van der Waals surface area contributed by atoms with Crippen LogP contribution in [0.3, 0.4) is 0 Å². The molecular weight excluding hydrogens is 512 g/mol. The second kappa shape index (κ2) is 14.0. The quantitative estimate of drug-likeness (QED) is 0.204. The van der Waals surface area contributed by atoms with Gasteiger partial charge in [-0.3, -0.25) is 0 Å². The smallest absolute Gasteiger partial charge is 0.115 e. The summed E-state index contributed by atoms with van der Waals surface area (Å²) < 4.78 is 32.9. The lowest BCUT2D eigenvalue weighted by Crippen LogP contribution is -2.60. The highest BCUT2D eigenvalue weighted by Crippen LogP contribution is 2.38. The van der Waals surface area contributed by atoms with Gasteiger partial charge in [-0.15, -0.1) is 0 Å². The van der Waals surface area contributed by atoms with Crippen LogP contribution in [0.4, 0.5) is 0 Å². The minimum atomic E-state index is -0.355. The lowest BCUT2D eigenvalue weighted by atomic mass is 9.87. The van der Waals surface area contributed by atoms with Crippen molar-refractivity contribution in [1.29, 1.82) is 0 Å². The minimum absolute atomic E-state index is 0.113. The van der Waals surface area contributed by atoms with Gasteiger partial charge in [0.05, 0.1) is 39.1 Å². The molecule has 2 aliphatic heterocycles. The third-order valence-electron chi connectivity index (χ3n) is 7.94. The van der Waals surface area contributed by atoms with Crippen LogP contribution in [0.2, 0.25) is 0 Å². The first-order valence-corrected chi connectivity index (χ1v) is 14.6. The molecule has 0 N–H and O–H groups in total. The van der Waals surface area contributed by atoms with Crippen LogP contribution in [0.25, 0.3) is 0 Å². The fourth-order valence-electron chi connectivity index (χ4n) is 5.86. The maximum Gasteiger partial charge on any atom is 0.115 e. The summed E-state index contributed by atoms with van der Waals surface area (Å²) in [6.07, 6.45) is -0.406. The van der Waals surface area contributed by atoms with Gasteiger partial charge in [-0.25, -0.2) is 0 Å². The average Bonchev–Trinajstić information content (AvgIpc) is 3.43. The van der Waals surface area contributed by atoms with Crippen molar-refractivity contribution in [2.24, 2.45) is 5.92 Å². The van der Waals surface area contributed by atoms with Gasteiger partial charge in [-0.1, -0.05) is 121 Å². The van der Waals surface area contributed by atoms with Gasteiger partial charge >= 0.3 is 0 Å². The van der Waals surface area contributed by atoms with Crippen molar-refractivity contribution >= 4 is 0 Å². The second-order valence-corrected chi connectivity index (χ2v) is 10.9. The first-order chi connectivity index (χ1) is 20.3. The Balaban J connectivity index is 1.24. The van der Waals surface area contributed by atoms with Gasteiger partial charge < -0.3 is 23.7 Å². The summed E-state index contributed by atoms with van der Waals surface area (Å²) in [6, 6.07) is 41.3. The zero-order valence-electron chi connectivity index (χ0n) is 23.3. The van der Waals surface area contributed by atoms with Crippen molar-refractivity contribution in [2.75, 3.05) is 13.2 Å². The SMILES string of the molecule is c1ccc(COC[C@H]2O[C@@H]3[C@@H](Cc4ccccc4)CO[C@@H]3[C@@H](OCc3ccccc3)[C@@H]2OCc2ccccc2)cc1. The van der Waals surface area contributed by atoms with Crippen molar-refractivity contribution in [1.82, 2.24) is 0 Å². The van der Waals surface area contributed by atoms with E-state index in [9.17, 15) is 0 Å². The lowest BCUT2D eigenvalue weighted by Gasteiger charge is -2.44. The van der Waals surface area contributed by atoms with Gasteiger partial charge in [0.1, 0.15) is 24.4 Å². The van der Waals surface area contributed by atoms with Crippen LogP contribution in [-0.4, -0.2) is 43.7 Å². The van der Waals surface area contributed by atoms with E-state index in [0.29, 0.717) is 33.0 Å². The van der Waals surface area contributed by atoms with E-state index in [2.05, 4.69) is 66.7 Å². The molecule has 2 fully saturated rings. The van der Waals surface area contributed by atoms with Crippen LogP contribution in [0.5, 0.6) is 0 Å². The molecule has 0 aliphatic carbocycles. The summed E-state index contributed by atoms with van der Waals surface area (Å²) in [5.74, 6) is 0.219. The zero-order valence-corrected chi connectivity index (χ0v) is 23.3. The maximum atomic E-state index is 6.86. The van der Waals surface area contributed by atoms with Crippen LogP contribution < -0.4 is 0 Å². The highest BCUT2D eigenvalue weighted by molar-refractivity contribution is 5.18. The largest absolute Gasteiger partial charge is 0.374 e. The fraction of sp³-hybridized carbons (Fsp3) is 0.333. The molecule has 2 aliphatic rings. The summed E-state index contributed by atoms with van der Waals surface area (Å²) >= 11 is 0. The fourth-order valence-corrected chi connectivity index (χ4v) is 5.86. The van der Waals surface area contributed by atoms with E-state index in [0.717, 1.165) is 23.1 Å². The summed E-state index contributed by atoms with van der Waals surface area (Å²) in [6.45, 7) is 2.48. The molecule has 0 saturated carbocycles. The average molecular weight is 551 g/mol. The Bertz CT molecular complexity index is 1300. The summed E-state index contributed by atoms with van der Waals surface area (Å²) in [4.78, 5) is 0. The molecule has 0 radical (unpaired) electrons. The molecule has 5 heteroatoms. The molecule has 6 atom stereocenters. The molecular formula is C36H38O5. The van der Waals surface area contributed by atoms with E-state index >= 15 is 0 Å². The highest BCUT2D eigenvalue weighted by atomic mass is 16.6. The Labute approximate surface area is 243 Å². The molecule has 212 valence electrons. The summed E-state index contributed by atoms with van der Waals surface area (Å²) in [5.41, 5.74) is 4.64. The van der Waals surface area contributed by atoms with Crippen LogP contribution in [0.1, 0.15) is 22.3 Å². The van der Waals surface area contributed by atoms with Crippen molar-refractivity contribution in [2.45, 2.75) is 56.8 Å². The van der Waals surface area contributed by atoms with E-state index in [1.165, 1.54) is 5.56 Å². The van der Waals surface area contributed by atoms with Crippen molar-refractivity contribution in [3.05, 3.63) is 144 Å². The Morgan fingerprint density at radius 1 is 0.537 bits per heavy atom. The molecule has 0 amide bonds. The number of hydrogen-bond acceptors (Lipinski definition) is 5. The Morgan fingerprint density at radius 2 is 1.02 bits per heavy atom. The maximum absolute atomic E-state index is 6.86. The van der Waals surface area contributed by atoms with E-state index < -0.39 is 0 Å². The first kappa shape index (κ1) is 27.8. The molecule has 4 aromatic carbocycles. The topological polar surface area (TPSA) is 46.2 Å². The van der Waals surface area contributed by atoms with Crippen LogP contribution >= 0.6 is 0 Å². The Hall–Kier alpha value is -3.32. The number of ether oxygens (including phenoxy) is 5. The molecule has 6 rings (SSSR count). The molecule has 0 bridgehead atoms. The molecule has 4 aromatic rings. The van der Waals surface area contributed by atoms with Crippen LogP contribution in [-0.2, 0) is 49.9 Å². The predicted molar refractivity (Wildman–Crippen MR) is 158 cm³/mol. The third kappa shape index (κ3) is 7.31. The van der Waals surface area contributed by atoms with Gasteiger partial charge in [0.25, 0.3) is 0 Å². The molecule has 0 aromatic heterocycles. The molecule has 0 unspecified atom stereocenters. The normalized spacial score (nSPS) is 25.6. The predicted octanol–water partition coefficient (Wildman–Crippen LogP) is 6.40. The van der Waals surface area contributed by atoms with Gasteiger partial charge in [0.15, 0.2) is 0 Å². The van der Waals surface area contributed by atoms with Crippen LogP contribution in [0, 0.1) is 5.92 Å². The van der Waals surface area contributed by atoms with E-state index in [1.807, 2.05) is 54.6 Å². The molecule has 2 saturated heterocycles. The van der Waals surface area contributed by atoms with Crippen molar-refractivity contribution < 1.29 is 23.7 Å². The number of rotatable bonds is 12. The standard InChI is InChI=1S/C36H38O5/c1-5-13-27(14-6-1)21-31-25-40-35-33(31)41-32(26-37-22-28-15-7-2-8-16-28)34(38-23-29-17-9-3-10-18-29)36(35)39-24-30-19-11-4-12-20-30/h1-20,31-36H,21-26H2/t31-,32+,33+,34+,35-,36-/m0/s1. The molecule has 5 nitrogen and oxygen atoms in total. The van der Waals surface area contributed by atoms with Gasteiger partial charge in [0, 0.05) is 5.92 Å². The van der Waals surface area contributed by atoms with Crippen molar-refractivity contribution in [3.63, 3.8) is 0 Å². The van der Waals surface area contributed by atoms with Crippen molar-refractivity contribution in [3.8, 4) is 0 Å². The monoisotopic (exact) mass is 550 g/mol. The highest BCUT2D eigenvalue weighted by Gasteiger charge is 2.53. The first-order valence-electron chi connectivity index (χ1n) is 14.6. The number of hydrogen-bond donors (Lipinski definition) is 0. The summed E-state index contributed by atoms with van der Waals surface area (Å²) in [5, 5.41) is 0. The van der Waals surface area contributed by atoms with E-state index in [-0.39, 0.29) is 36.4 Å². The lowest BCUT2D eigenvalue weighted by molar-refractivity contribution is -0.253. The van der Waals surface area contributed by atoms with Gasteiger partial charge in [-0.05, 0) is 28.7 Å². The summed E-state index contributed by atoms with van der Waals surface area (Å²) in [7, 11) is 0. The Morgan fingerprint density at radius 3 is 1.59 bits per heavy atom. The minimum Gasteiger partial charge on any atom is -0.374 e.